The van der Waals surface area contributed by atoms with Gasteiger partial charge in [0.05, 0.1) is 0 Å². The number of aliphatic imine (C=N–C) groups is 1. The van der Waals surface area contributed by atoms with Gasteiger partial charge in [0.2, 0.25) is 5.91 Å². The van der Waals surface area contributed by atoms with Gasteiger partial charge in [0.1, 0.15) is 0 Å². The molecule has 162 valence electrons. The summed E-state index contributed by atoms with van der Waals surface area (Å²) in [6.07, 6.45) is 5.92. The number of amides is 1. The first-order valence-corrected chi connectivity index (χ1v) is 10.5. The van der Waals surface area contributed by atoms with E-state index in [2.05, 4.69) is 51.3 Å². The smallest absolute Gasteiger partial charge is 0.221 e. The highest BCUT2D eigenvalue weighted by Gasteiger charge is 2.35. The Bertz CT molecular complexity index is 815. The zero-order valence-corrected chi connectivity index (χ0v) is 20.2. The molecule has 0 aromatic heterocycles. The second-order valence-corrected chi connectivity index (χ2v) is 7.83. The van der Waals surface area contributed by atoms with Crippen molar-refractivity contribution >= 4 is 41.5 Å². The van der Waals surface area contributed by atoms with Crippen LogP contribution in [-0.2, 0) is 16.6 Å². The number of nitrogens with one attached hydrogen (secondary N) is 3. The first-order chi connectivity index (χ1) is 14.1. The molecule has 0 saturated heterocycles. The van der Waals surface area contributed by atoms with Gasteiger partial charge in [-0.3, -0.25) is 9.79 Å². The lowest BCUT2D eigenvalue weighted by Crippen LogP contribution is -2.45. The average Bonchev–Trinajstić information content (AvgIpc) is 3.22. The van der Waals surface area contributed by atoms with Gasteiger partial charge in [-0.15, -0.1) is 24.0 Å². The van der Waals surface area contributed by atoms with Crippen LogP contribution < -0.4 is 16.0 Å². The molecule has 0 unspecified atom stereocenters. The van der Waals surface area contributed by atoms with E-state index in [9.17, 15) is 4.79 Å². The molecule has 1 fully saturated rings. The van der Waals surface area contributed by atoms with E-state index in [0.717, 1.165) is 31.2 Å². The Hall–Kier alpha value is -2.09. The Morgan fingerprint density at radius 2 is 1.67 bits per heavy atom. The van der Waals surface area contributed by atoms with Crippen LogP contribution in [0.25, 0.3) is 0 Å². The van der Waals surface area contributed by atoms with Gasteiger partial charge in [-0.25, -0.2) is 0 Å². The van der Waals surface area contributed by atoms with Crippen LogP contribution in [0.4, 0.5) is 5.69 Å². The molecule has 6 heteroatoms. The highest BCUT2D eigenvalue weighted by atomic mass is 127. The van der Waals surface area contributed by atoms with Gasteiger partial charge in [0.15, 0.2) is 5.96 Å². The van der Waals surface area contributed by atoms with Gasteiger partial charge in [0.25, 0.3) is 0 Å². The molecule has 5 nitrogen and oxygen atoms in total. The molecular formula is C24H33IN4O. The van der Waals surface area contributed by atoms with Crippen molar-refractivity contribution in [1.82, 2.24) is 10.6 Å². The van der Waals surface area contributed by atoms with Gasteiger partial charge < -0.3 is 16.0 Å². The van der Waals surface area contributed by atoms with E-state index in [1.54, 1.807) is 0 Å². The third-order valence-corrected chi connectivity index (χ3v) is 5.75. The number of rotatable bonds is 7. The fourth-order valence-electron chi connectivity index (χ4n) is 4.17. The second-order valence-electron chi connectivity index (χ2n) is 7.83. The van der Waals surface area contributed by atoms with Crippen molar-refractivity contribution in [3.8, 4) is 0 Å². The minimum absolute atomic E-state index is 0. The maximum Gasteiger partial charge on any atom is 0.221 e. The van der Waals surface area contributed by atoms with E-state index in [1.807, 2.05) is 31.3 Å². The number of halogens is 1. The molecule has 2 aromatic carbocycles. The predicted molar refractivity (Wildman–Crippen MR) is 136 cm³/mol. The van der Waals surface area contributed by atoms with Crippen LogP contribution in [0.15, 0.2) is 59.6 Å². The molecule has 0 bridgehead atoms. The monoisotopic (exact) mass is 520 g/mol. The molecule has 2 aromatic rings. The summed E-state index contributed by atoms with van der Waals surface area (Å²) < 4.78 is 0. The molecule has 1 aliphatic rings. The molecule has 1 aliphatic carbocycles. The zero-order chi connectivity index (χ0) is 20.5. The van der Waals surface area contributed by atoms with Gasteiger partial charge in [-0.2, -0.15) is 0 Å². The standard InChI is InChI=1S/C24H32N4O.HI/c1-19(29)28-22-12-10-20(11-13-22)14-17-26-23(25-2)27-18-24(15-6-7-16-24)21-8-4-3-5-9-21;/h3-5,8-13H,6-7,14-18H2,1-2H3,(H,28,29)(H2,25,26,27);1H. The maximum atomic E-state index is 11.1. The lowest BCUT2D eigenvalue weighted by atomic mass is 9.79. The van der Waals surface area contributed by atoms with Crippen LogP contribution in [0.3, 0.4) is 0 Å². The summed E-state index contributed by atoms with van der Waals surface area (Å²) in [5.74, 6) is 0.798. The highest BCUT2D eigenvalue weighted by molar-refractivity contribution is 14.0. The predicted octanol–water partition coefficient (Wildman–Crippen LogP) is 4.48. The molecular weight excluding hydrogens is 487 g/mol. The summed E-state index contributed by atoms with van der Waals surface area (Å²) >= 11 is 0. The van der Waals surface area contributed by atoms with Crippen molar-refractivity contribution in [2.75, 3.05) is 25.5 Å². The summed E-state index contributed by atoms with van der Waals surface area (Å²) in [6, 6.07) is 18.9. The van der Waals surface area contributed by atoms with E-state index in [1.165, 1.54) is 43.7 Å². The van der Waals surface area contributed by atoms with E-state index in [4.69, 9.17) is 0 Å². The Morgan fingerprint density at radius 3 is 2.27 bits per heavy atom. The summed E-state index contributed by atoms with van der Waals surface area (Å²) in [6.45, 7) is 3.23. The number of anilines is 1. The van der Waals surface area contributed by atoms with Crippen molar-refractivity contribution in [1.29, 1.82) is 0 Å². The van der Waals surface area contributed by atoms with Crippen LogP contribution in [0, 0.1) is 0 Å². The number of carbonyl (C=O) groups excluding carboxylic acids is 1. The molecule has 1 saturated carbocycles. The Balaban J connectivity index is 0.00000320. The minimum atomic E-state index is -0.0511. The van der Waals surface area contributed by atoms with Gasteiger partial charge >= 0.3 is 0 Å². The quantitative estimate of drug-likeness (QED) is 0.287. The third kappa shape index (κ3) is 6.72. The number of guanidine groups is 1. The first-order valence-electron chi connectivity index (χ1n) is 10.5. The van der Waals surface area contributed by atoms with Crippen molar-refractivity contribution in [2.24, 2.45) is 4.99 Å². The maximum absolute atomic E-state index is 11.1. The molecule has 3 N–H and O–H groups in total. The number of hydrogen-bond donors (Lipinski definition) is 3. The Morgan fingerprint density at radius 1 is 1.00 bits per heavy atom. The molecule has 0 heterocycles. The van der Waals surface area contributed by atoms with Crippen molar-refractivity contribution < 1.29 is 4.79 Å². The molecule has 0 spiro atoms. The van der Waals surface area contributed by atoms with E-state index >= 15 is 0 Å². The number of benzene rings is 2. The normalized spacial score (nSPS) is 15.2. The molecule has 0 aliphatic heterocycles. The van der Waals surface area contributed by atoms with Crippen LogP contribution in [0.2, 0.25) is 0 Å². The SMILES string of the molecule is CN=C(NCCc1ccc(NC(C)=O)cc1)NCC1(c2ccccc2)CCCC1.I. The van der Waals surface area contributed by atoms with Crippen molar-refractivity contribution in [3.05, 3.63) is 65.7 Å². The summed E-state index contributed by atoms with van der Waals surface area (Å²) in [7, 11) is 1.82. The lowest BCUT2D eigenvalue weighted by Gasteiger charge is -2.30. The third-order valence-electron chi connectivity index (χ3n) is 5.75. The van der Waals surface area contributed by atoms with Crippen LogP contribution in [0.5, 0.6) is 0 Å². The molecule has 0 radical (unpaired) electrons. The first kappa shape index (κ1) is 24.2. The van der Waals surface area contributed by atoms with E-state index in [-0.39, 0.29) is 35.3 Å². The van der Waals surface area contributed by atoms with Crippen molar-refractivity contribution in [3.63, 3.8) is 0 Å². The van der Waals surface area contributed by atoms with Gasteiger partial charge in [-0.05, 0) is 42.5 Å². The summed E-state index contributed by atoms with van der Waals surface area (Å²) in [4.78, 5) is 15.5. The fourth-order valence-corrected chi connectivity index (χ4v) is 4.17. The molecule has 1 amide bonds. The molecule has 3 rings (SSSR count). The largest absolute Gasteiger partial charge is 0.356 e. The summed E-state index contributed by atoms with van der Waals surface area (Å²) in [5, 5.41) is 9.78. The minimum Gasteiger partial charge on any atom is -0.356 e. The molecule has 30 heavy (non-hydrogen) atoms. The number of nitrogens with zero attached hydrogens (tertiary/aromatic N) is 1. The van der Waals surface area contributed by atoms with E-state index < -0.39 is 0 Å². The second kappa shape index (κ2) is 11.9. The van der Waals surface area contributed by atoms with Gasteiger partial charge in [0, 0.05) is 38.2 Å². The average molecular weight is 520 g/mol. The summed E-state index contributed by atoms with van der Waals surface area (Å²) in [5.41, 5.74) is 3.69. The lowest BCUT2D eigenvalue weighted by molar-refractivity contribution is -0.114. The van der Waals surface area contributed by atoms with Gasteiger partial charge in [-0.1, -0.05) is 55.3 Å². The van der Waals surface area contributed by atoms with Crippen LogP contribution in [0.1, 0.15) is 43.7 Å². The van der Waals surface area contributed by atoms with Crippen molar-refractivity contribution in [2.45, 2.75) is 44.4 Å². The Kier molecular flexibility index (Phi) is 9.62. The number of hydrogen-bond acceptors (Lipinski definition) is 2. The topological polar surface area (TPSA) is 65.5 Å². The highest BCUT2D eigenvalue weighted by Crippen LogP contribution is 2.40. The fraction of sp³-hybridized carbons (Fsp3) is 0.417. The zero-order valence-electron chi connectivity index (χ0n) is 17.9. The van der Waals surface area contributed by atoms with E-state index in [0.29, 0.717) is 0 Å². The van der Waals surface area contributed by atoms with Crippen LogP contribution >= 0.6 is 24.0 Å². The number of carbonyl (C=O) groups is 1. The Labute approximate surface area is 197 Å². The molecule has 0 atom stereocenters. The van der Waals surface area contributed by atoms with Crippen LogP contribution in [-0.4, -0.2) is 32.0 Å².